The van der Waals surface area contributed by atoms with Gasteiger partial charge >= 0.3 is 0 Å². The molecule has 1 amide bonds. The molecule has 0 aliphatic heterocycles. The van der Waals surface area contributed by atoms with Gasteiger partial charge in [0.15, 0.2) is 0 Å². The lowest BCUT2D eigenvalue weighted by molar-refractivity contribution is -0.118. The van der Waals surface area contributed by atoms with E-state index in [1.165, 1.54) is 5.56 Å². The number of hydrogen-bond donors (Lipinski definition) is 1. The summed E-state index contributed by atoms with van der Waals surface area (Å²) in [6.45, 7) is 0.509. The van der Waals surface area contributed by atoms with E-state index in [4.69, 9.17) is 11.6 Å². The van der Waals surface area contributed by atoms with Gasteiger partial charge in [-0.2, -0.15) is 0 Å². The fraction of sp³-hybridized carbons (Fsp3) is 0.188. The zero-order valence-corrected chi connectivity index (χ0v) is 14.5. The van der Waals surface area contributed by atoms with Gasteiger partial charge in [0, 0.05) is 21.8 Å². The van der Waals surface area contributed by atoms with Gasteiger partial charge in [-0.05, 0) is 29.3 Å². The predicted molar refractivity (Wildman–Crippen MR) is 93.6 cm³/mol. The third kappa shape index (κ3) is 5.73. The van der Waals surface area contributed by atoms with Crippen LogP contribution in [0.25, 0.3) is 0 Å². The fourth-order valence-corrected chi connectivity index (χ4v) is 3.45. The highest BCUT2D eigenvalue weighted by atomic mass is 79.9. The average molecular weight is 385 g/mol. The predicted octanol–water partition coefficient (Wildman–Crippen LogP) is 4.65. The third-order valence-electron chi connectivity index (χ3n) is 2.83. The lowest BCUT2D eigenvalue weighted by atomic mass is 10.2. The number of benzene rings is 2. The molecule has 0 saturated carbocycles. The van der Waals surface area contributed by atoms with E-state index >= 15 is 0 Å². The zero-order chi connectivity index (χ0) is 15.1. The van der Waals surface area contributed by atoms with E-state index in [2.05, 4.69) is 27.3 Å². The molecular weight excluding hydrogens is 370 g/mol. The van der Waals surface area contributed by atoms with Gasteiger partial charge in [0.25, 0.3) is 0 Å². The van der Waals surface area contributed by atoms with Crippen molar-refractivity contribution in [2.45, 2.75) is 12.3 Å². The second kappa shape index (κ2) is 8.47. The summed E-state index contributed by atoms with van der Waals surface area (Å²) in [5, 5.41) is 3.58. The molecule has 110 valence electrons. The van der Waals surface area contributed by atoms with Gasteiger partial charge in [-0.1, -0.05) is 57.9 Å². The molecule has 2 nitrogen and oxygen atoms in total. The van der Waals surface area contributed by atoms with Crippen molar-refractivity contribution in [3.05, 3.63) is 69.2 Å². The lowest BCUT2D eigenvalue weighted by Crippen LogP contribution is -2.24. The Bertz CT molecular complexity index is 621. The first kappa shape index (κ1) is 16.4. The molecule has 0 unspecified atom stereocenters. The SMILES string of the molecule is O=C(CSCc1ccccc1Br)NCc1cccc(Cl)c1. The van der Waals surface area contributed by atoms with Crippen LogP contribution in [0.15, 0.2) is 53.0 Å². The molecule has 5 heteroatoms. The summed E-state index contributed by atoms with van der Waals surface area (Å²) in [7, 11) is 0. The number of rotatable bonds is 6. The smallest absolute Gasteiger partial charge is 0.230 e. The first-order valence-corrected chi connectivity index (χ1v) is 8.80. The third-order valence-corrected chi connectivity index (χ3v) is 4.82. The maximum atomic E-state index is 11.8. The Morgan fingerprint density at radius 1 is 1.19 bits per heavy atom. The van der Waals surface area contributed by atoms with Gasteiger partial charge in [0.2, 0.25) is 5.91 Å². The van der Waals surface area contributed by atoms with Crippen LogP contribution in [0.2, 0.25) is 5.02 Å². The second-order valence-corrected chi connectivity index (χ2v) is 6.77. The van der Waals surface area contributed by atoms with Gasteiger partial charge in [0.05, 0.1) is 5.75 Å². The summed E-state index contributed by atoms with van der Waals surface area (Å²) in [6.07, 6.45) is 0. The van der Waals surface area contributed by atoms with Gasteiger partial charge in [-0.3, -0.25) is 4.79 Å². The topological polar surface area (TPSA) is 29.1 Å². The van der Waals surface area contributed by atoms with E-state index in [0.29, 0.717) is 17.3 Å². The maximum absolute atomic E-state index is 11.8. The molecule has 0 aliphatic rings. The molecule has 0 radical (unpaired) electrons. The maximum Gasteiger partial charge on any atom is 0.230 e. The van der Waals surface area contributed by atoms with Gasteiger partial charge < -0.3 is 5.32 Å². The van der Waals surface area contributed by atoms with Crippen LogP contribution >= 0.6 is 39.3 Å². The minimum atomic E-state index is 0.0343. The van der Waals surface area contributed by atoms with E-state index in [1.54, 1.807) is 11.8 Å². The molecule has 2 rings (SSSR count). The summed E-state index contributed by atoms with van der Waals surface area (Å²) in [4.78, 5) is 11.8. The molecule has 1 N–H and O–H groups in total. The molecule has 0 aromatic heterocycles. The Kier molecular flexibility index (Phi) is 6.61. The van der Waals surface area contributed by atoms with Crippen molar-refractivity contribution in [2.75, 3.05) is 5.75 Å². The summed E-state index contributed by atoms with van der Waals surface area (Å²) < 4.78 is 1.08. The van der Waals surface area contributed by atoms with Crippen molar-refractivity contribution in [1.29, 1.82) is 0 Å². The standard InChI is InChI=1S/C16H15BrClNOS/c17-15-7-2-1-5-13(15)10-21-11-16(20)19-9-12-4-3-6-14(18)8-12/h1-8H,9-11H2,(H,19,20). The molecule has 0 saturated heterocycles. The second-order valence-electron chi connectivity index (χ2n) is 4.49. The van der Waals surface area contributed by atoms with Crippen LogP contribution in [0.5, 0.6) is 0 Å². The van der Waals surface area contributed by atoms with Crippen molar-refractivity contribution in [2.24, 2.45) is 0 Å². The van der Waals surface area contributed by atoms with Crippen LogP contribution in [0, 0.1) is 0 Å². The van der Waals surface area contributed by atoms with E-state index in [1.807, 2.05) is 42.5 Å². The number of carbonyl (C=O) groups excluding carboxylic acids is 1. The number of thioether (sulfide) groups is 1. The Labute approximate surface area is 142 Å². The van der Waals surface area contributed by atoms with Crippen molar-refractivity contribution < 1.29 is 4.79 Å². The monoisotopic (exact) mass is 383 g/mol. The van der Waals surface area contributed by atoms with Gasteiger partial charge in [0.1, 0.15) is 0 Å². The highest BCUT2D eigenvalue weighted by molar-refractivity contribution is 9.10. The zero-order valence-electron chi connectivity index (χ0n) is 11.3. The van der Waals surface area contributed by atoms with Crippen molar-refractivity contribution in [1.82, 2.24) is 5.32 Å². The highest BCUT2D eigenvalue weighted by Gasteiger charge is 2.04. The summed E-state index contributed by atoms with van der Waals surface area (Å²) in [5.74, 6) is 1.29. The minimum Gasteiger partial charge on any atom is -0.351 e. The number of nitrogens with one attached hydrogen (secondary N) is 1. The molecule has 0 heterocycles. The largest absolute Gasteiger partial charge is 0.351 e. The van der Waals surface area contributed by atoms with Crippen LogP contribution in [0.3, 0.4) is 0 Å². The van der Waals surface area contributed by atoms with Crippen LogP contribution < -0.4 is 5.32 Å². The molecule has 2 aromatic rings. The van der Waals surface area contributed by atoms with Gasteiger partial charge in [-0.25, -0.2) is 0 Å². The molecule has 0 spiro atoms. The minimum absolute atomic E-state index is 0.0343. The van der Waals surface area contributed by atoms with E-state index in [9.17, 15) is 4.79 Å². The fourth-order valence-electron chi connectivity index (χ4n) is 1.77. The van der Waals surface area contributed by atoms with Gasteiger partial charge in [-0.15, -0.1) is 11.8 Å². The quantitative estimate of drug-likeness (QED) is 0.785. The van der Waals surface area contributed by atoms with Crippen molar-refractivity contribution in [3.8, 4) is 0 Å². The molecule has 0 atom stereocenters. The Hall–Kier alpha value is -0.970. The van der Waals surface area contributed by atoms with Crippen LogP contribution in [-0.2, 0) is 17.1 Å². The van der Waals surface area contributed by atoms with E-state index in [0.717, 1.165) is 15.8 Å². The normalized spacial score (nSPS) is 10.4. The number of carbonyl (C=O) groups is 1. The highest BCUT2D eigenvalue weighted by Crippen LogP contribution is 2.21. The summed E-state index contributed by atoms with van der Waals surface area (Å²) in [5.41, 5.74) is 2.21. The van der Waals surface area contributed by atoms with Crippen molar-refractivity contribution >= 4 is 45.2 Å². The number of halogens is 2. The molecular formula is C16H15BrClNOS. The van der Waals surface area contributed by atoms with Crippen LogP contribution in [0.1, 0.15) is 11.1 Å². The van der Waals surface area contributed by atoms with Crippen LogP contribution in [0.4, 0.5) is 0 Å². The summed E-state index contributed by atoms with van der Waals surface area (Å²) >= 11 is 11.0. The van der Waals surface area contributed by atoms with E-state index in [-0.39, 0.29) is 5.91 Å². The summed E-state index contributed by atoms with van der Waals surface area (Å²) in [6, 6.07) is 15.5. The first-order valence-electron chi connectivity index (χ1n) is 6.47. The molecule has 21 heavy (non-hydrogen) atoms. The Morgan fingerprint density at radius 3 is 2.76 bits per heavy atom. The Morgan fingerprint density at radius 2 is 2.00 bits per heavy atom. The average Bonchev–Trinajstić information content (AvgIpc) is 2.47. The molecule has 0 bridgehead atoms. The number of amides is 1. The molecule has 0 fully saturated rings. The molecule has 2 aromatic carbocycles. The van der Waals surface area contributed by atoms with E-state index < -0.39 is 0 Å². The van der Waals surface area contributed by atoms with Crippen molar-refractivity contribution in [3.63, 3.8) is 0 Å². The Balaban J connectivity index is 1.72. The van der Waals surface area contributed by atoms with Crippen LogP contribution in [-0.4, -0.2) is 11.7 Å². The molecule has 0 aliphatic carbocycles. The number of hydrogen-bond acceptors (Lipinski definition) is 2. The lowest BCUT2D eigenvalue weighted by Gasteiger charge is -2.06. The first-order chi connectivity index (χ1) is 10.1.